The van der Waals surface area contributed by atoms with Crippen molar-refractivity contribution in [3.63, 3.8) is 0 Å². The molecule has 0 spiro atoms. The molecule has 0 fully saturated rings. The van der Waals surface area contributed by atoms with Gasteiger partial charge in [-0.1, -0.05) is 6.55 Å². The summed E-state index contributed by atoms with van der Waals surface area (Å²) in [5, 5.41) is 0. The van der Waals surface area contributed by atoms with E-state index in [-0.39, 0.29) is 4.87 Å². The van der Waals surface area contributed by atoms with Gasteiger partial charge in [0.1, 0.15) is 0 Å². The van der Waals surface area contributed by atoms with E-state index in [1.165, 1.54) is 10.2 Å². The van der Waals surface area contributed by atoms with Gasteiger partial charge in [-0.2, -0.15) is 0 Å². The normalized spacial score (nSPS) is 9.86. The van der Waals surface area contributed by atoms with Crippen molar-refractivity contribution in [2.45, 2.75) is 32.2 Å². The highest BCUT2D eigenvalue weighted by Crippen LogP contribution is 2.07. The zero-order valence-corrected chi connectivity index (χ0v) is 8.63. The van der Waals surface area contributed by atoms with Crippen LogP contribution in [0.25, 0.3) is 0 Å². The van der Waals surface area contributed by atoms with Crippen LogP contribution in [0.5, 0.6) is 0 Å². The Kier molecular flexibility index (Phi) is 6.98. The SMILES string of the molecule is CC(C)(C)Cl.C[SiH3]. The molecule has 0 saturated carbocycles. The van der Waals surface area contributed by atoms with E-state index in [4.69, 9.17) is 11.6 Å². The lowest BCUT2D eigenvalue weighted by Crippen LogP contribution is -1.99. The second-order valence-corrected chi connectivity index (χ2v) is 3.20. The van der Waals surface area contributed by atoms with Gasteiger partial charge in [-0.05, 0) is 31.0 Å². The van der Waals surface area contributed by atoms with Crippen molar-refractivity contribution < 1.29 is 0 Å². The fourth-order valence-corrected chi connectivity index (χ4v) is 0. The summed E-state index contributed by atoms with van der Waals surface area (Å²) in [6, 6.07) is 0. The maximum Gasteiger partial charge on any atom is 0.0362 e. The molecular formula is C5H15ClSi. The Morgan fingerprint density at radius 1 is 1.14 bits per heavy atom. The van der Waals surface area contributed by atoms with Crippen molar-refractivity contribution in [3.8, 4) is 0 Å². The molecule has 0 heterocycles. The van der Waals surface area contributed by atoms with Gasteiger partial charge in [0.2, 0.25) is 0 Å². The van der Waals surface area contributed by atoms with Crippen LogP contribution < -0.4 is 0 Å². The van der Waals surface area contributed by atoms with Crippen LogP contribution in [-0.4, -0.2) is 15.1 Å². The Morgan fingerprint density at radius 3 is 1.14 bits per heavy atom. The molecule has 46 valence electrons. The summed E-state index contributed by atoms with van der Waals surface area (Å²) < 4.78 is 0. The van der Waals surface area contributed by atoms with E-state index in [0.717, 1.165) is 0 Å². The van der Waals surface area contributed by atoms with Gasteiger partial charge in [-0.25, -0.2) is 0 Å². The van der Waals surface area contributed by atoms with Gasteiger partial charge in [-0.15, -0.1) is 11.6 Å². The third kappa shape index (κ3) is 514. The monoisotopic (exact) mass is 138 g/mol. The summed E-state index contributed by atoms with van der Waals surface area (Å²) in [6.07, 6.45) is 0. The van der Waals surface area contributed by atoms with Crippen LogP contribution >= 0.6 is 11.6 Å². The average molecular weight is 139 g/mol. The highest BCUT2D eigenvalue weighted by molar-refractivity contribution is 6.23. The Hall–Kier alpha value is 0.507. The lowest BCUT2D eigenvalue weighted by atomic mass is 10.3. The molecule has 0 atom stereocenters. The molecule has 0 aliphatic heterocycles. The number of hydrogen-bond donors (Lipinski definition) is 0. The maximum absolute atomic E-state index is 5.53. The molecule has 0 aromatic heterocycles. The van der Waals surface area contributed by atoms with Crippen molar-refractivity contribution in [1.82, 2.24) is 0 Å². The molecule has 0 unspecified atom stereocenters. The highest BCUT2D eigenvalue weighted by atomic mass is 35.5. The summed E-state index contributed by atoms with van der Waals surface area (Å²) in [4.78, 5) is -0.0278. The van der Waals surface area contributed by atoms with Gasteiger partial charge in [0.15, 0.2) is 0 Å². The molecule has 0 aliphatic rings. The molecule has 0 amide bonds. The van der Waals surface area contributed by atoms with Crippen LogP contribution in [0, 0.1) is 0 Å². The van der Waals surface area contributed by atoms with Crippen molar-refractivity contribution in [1.29, 1.82) is 0 Å². The number of halogens is 1. The molecular weight excluding hydrogens is 124 g/mol. The largest absolute Gasteiger partial charge is 0.120 e. The summed E-state index contributed by atoms with van der Waals surface area (Å²) in [5.41, 5.74) is 0. The van der Waals surface area contributed by atoms with Gasteiger partial charge >= 0.3 is 0 Å². The van der Waals surface area contributed by atoms with E-state index in [9.17, 15) is 0 Å². The van der Waals surface area contributed by atoms with E-state index >= 15 is 0 Å². The van der Waals surface area contributed by atoms with E-state index in [0.29, 0.717) is 0 Å². The first kappa shape index (κ1) is 10.5. The second kappa shape index (κ2) is 4.66. The summed E-state index contributed by atoms with van der Waals surface area (Å²) >= 11 is 5.53. The zero-order valence-electron chi connectivity index (χ0n) is 5.88. The smallest absolute Gasteiger partial charge is 0.0362 e. The predicted molar refractivity (Wildman–Crippen MR) is 41.4 cm³/mol. The van der Waals surface area contributed by atoms with Crippen molar-refractivity contribution >= 4 is 21.8 Å². The first-order chi connectivity index (χ1) is 3.00. The molecule has 0 saturated heterocycles. The minimum absolute atomic E-state index is 0.0278. The Labute approximate surface area is 54.7 Å². The Bertz CT molecular complexity index is 23.6. The third-order valence-corrected chi connectivity index (χ3v) is 0. The predicted octanol–water partition coefficient (Wildman–Crippen LogP) is 1.42. The van der Waals surface area contributed by atoms with Gasteiger partial charge in [0, 0.05) is 4.87 Å². The molecule has 0 radical (unpaired) electrons. The molecule has 0 bridgehead atoms. The fourth-order valence-electron chi connectivity index (χ4n) is 0. The minimum atomic E-state index is -0.0278. The number of rotatable bonds is 0. The summed E-state index contributed by atoms with van der Waals surface area (Å²) in [5.74, 6) is 0. The van der Waals surface area contributed by atoms with E-state index in [2.05, 4.69) is 6.55 Å². The van der Waals surface area contributed by atoms with Gasteiger partial charge < -0.3 is 0 Å². The molecule has 0 aliphatic carbocycles. The zero-order chi connectivity index (χ0) is 6.50. The standard InChI is InChI=1S/C4H9Cl.CH6Si/c1-4(2,3)5;1-2/h1-3H3;1-2H3. The number of hydrogen-bond acceptors (Lipinski definition) is 0. The van der Waals surface area contributed by atoms with Crippen LogP contribution in [0.4, 0.5) is 0 Å². The lowest BCUT2D eigenvalue weighted by Gasteiger charge is -2.01. The summed E-state index contributed by atoms with van der Waals surface area (Å²) in [7, 11) is 1.31. The van der Waals surface area contributed by atoms with Crippen molar-refractivity contribution in [2.75, 3.05) is 0 Å². The topological polar surface area (TPSA) is 0 Å². The van der Waals surface area contributed by atoms with Crippen LogP contribution in [0.2, 0.25) is 6.55 Å². The van der Waals surface area contributed by atoms with Crippen molar-refractivity contribution in [3.05, 3.63) is 0 Å². The van der Waals surface area contributed by atoms with E-state index in [1.807, 2.05) is 20.8 Å². The Morgan fingerprint density at radius 2 is 1.14 bits per heavy atom. The van der Waals surface area contributed by atoms with Crippen LogP contribution in [0.1, 0.15) is 20.8 Å². The van der Waals surface area contributed by atoms with Gasteiger partial charge in [0.25, 0.3) is 0 Å². The second-order valence-electron chi connectivity index (χ2n) is 2.07. The maximum atomic E-state index is 5.53. The van der Waals surface area contributed by atoms with E-state index < -0.39 is 0 Å². The fraction of sp³-hybridized carbons (Fsp3) is 1.00. The summed E-state index contributed by atoms with van der Waals surface area (Å²) in [6.45, 7) is 8.00. The molecule has 7 heavy (non-hydrogen) atoms. The molecule has 0 nitrogen and oxygen atoms in total. The lowest BCUT2D eigenvalue weighted by molar-refractivity contribution is 0.788. The van der Waals surface area contributed by atoms with Crippen molar-refractivity contribution in [2.24, 2.45) is 0 Å². The number of alkyl halides is 1. The first-order valence-corrected chi connectivity index (χ1v) is 5.07. The molecule has 0 rings (SSSR count). The molecule has 0 N–H and O–H groups in total. The highest BCUT2D eigenvalue weighted by Gasteiger charge is 1.99. The molecule has 0 aromatic carbocycles. The third-order valence-electron chi connectivity index (χ3n) is 0. The van der Waals surface area contributed by atoms with Gasteiger partial charge in [-0.3, -0.25) is 0 Å². The molecule has 0 aromatic rings. The quantitative estimate of drug-likeness (QED) is 0.351. The van der Waals surface area contributed by atoms with E-state index in [1.54, 1.807) is 0 Å². The average Bonchev–Trinajstić information content (AvgIpc) is 1.36. The van der Waals surface area contributed by atoms with Crippen LogP contribution in [0.15, 0.2) is 0 Å². The van der Waals surface area contributed by atoms with Crippen LogP contribution in [-0.2, 0) is 0 Å². The van der Waals surface area contributed by atoms with Gasteiger partial charge in [0.05, 0.1) is 0 Å². The Balaban J connectivity index is 0. The minimum Gasteiger partial charge on any atom is -0.120 e. The molecule has 2 heteroatoms. The van der Waals surface area contributed by atoms with Crippen LogP contribution in [0.3, 0.4) is 0 Å². The first-order valence-electron chi connectivity index (χ1n) is 2.69.